The van der Waals surface area contributed by atoms with Gasteiger partial charge in [-0.05, 0) is 51.0 Å². The molecule has 0 amide bonds. The number of aromatic nitrogens is 2. The van der Waals surface area contributed by atoms with Crippen molar-refractivity contribution in [1.29, 1.82) is 0 Å². The zero-order chi connectivity index (χ0) is 18.8. The van der Waals surface area contributed by atoms with Crippen molar-refractivity contribution in [2.24, 2.45) is 0 Å². The first-order valence-electron chi connectivity index (χ1n) is 9.94. The molecule has 0 saturated heterocycles. The van der Waals surface area contributed by atoms with Gasteiger partial charge in [-0.25, -0.2) is 0 Å². The first kappa shape index (κ1) is 17.7. The Morgan fingerprint density at radius 3 is 2.59 bits per heavy atom. The second-order valence-electron chi connectivity index (χ2n) is 7.46. The molecule has 1 fully saturated rings. The predicted molar refractivity (Wildman–Crippen MR) is 114 cm³/mol. The lowest BCUT2D eigenvalue weighted by Crippen LogP contribution is -2.14. The molecule has 0 unspecified atom stereocenters. The molecule has 0 spiro atoms. The number of aryl methyl sites for hydroxylation is 1. The van der Waals surface area contributed by atoms with Crippen LogP contribution in [0.4, 0.5) is 5.69 Å². The van der Waals surface area contributed by atoms with E-state index in [-0.39, 0.29) is 0 Å². The van der Waals surface area contributed by atoms with Gasteiger partial charge in [0.05, 0.1) is 34.4 Å². The van der Waals surface area contributed by atoms with Crippen LogP contribution in [-0.4, -0.2) is 16.6 Å². The van der Waals surface area contributed by atoms with E-state index in [9.17, 15) is 0 Å². The van der Waals surface area contributed by atoms with Crippen LogP contribution in [0.1, 0.15) is 56.2 Å². The highest BCUT2D eigenvalue weighted by atomic mass is 15.0. The van der Waals surface area contributed by atoms with Gasteiger partial charge in [-0.3, -0.25) is 4.98 Å². The van der Waals surface area contributed by atoms with Crippen molar-refractivity contribution in [1.82, 2.24) is 9.55 Å². The number of fused-ring (bicyclic) bond motifs is 1. The Bertz CT molecular complexity index is 1010. The number of rotatable bonds is 3. The van der Waals surface area contributed by atoms with Crippen molar-refractivity contribution in [3.63, 3.8) is 0 Å². The summed E-state index contributed by atoms with van der Waals surface area (Å²) in [5, 5.41) is 4.41. The lowest BCUT2D eigenvalue weighted by Gasteiger charge is -2.26. The minimum absolute atomic E-state index is 0.525. The van der Waals surface area contributed by atoms with Gasteiger partial charge >= 0.3 is 0 Å². The van der Waals surface area contributed by atoms with Crippen molar-refractivity contribution in [2.45, 2.75) is 52.0 Å². The number of anilines is 1. The van der Waals surface area contributed by atoms with E-state index in [4.69, 9.17) is 4.98 Å². The molecule has 2 heterocycles. The van der Waals surface area contributed by atoms with Crippen LogP contribution in [0.2, 0.25) is 0 Å². The monoisotopic (exact) mass is 357 g/mol. The first-order chi connectivity index (χ1) is 13.2. The van der Waals surface area contributed by atoms with Crippen LogP contribution in [0.25, 0.3) is 22.3 Å². The van der Waals surface area contributed by atoms with E-state index >= 15 is 0 Å². The largest absolute Gasteiger partial charge is 0.387 e. The standard InChI is InChI=1S/C24H27N3/c1-4-8-20-21-15-17(2)11-14-23(21)27(19-9-6-5-7-10-19)24(20)22-13-12-18(25-3)16-26-22/h11-16,19,25H,5-7,9-10H2,1-3H3. The SMILES string of the molecule is CC#Cc1c(-c2ccc(NC)cn2)n(C2CCCCC2)c2ccc(C)cc12. The van der Waals surface area contributed by atoms with Crippen LogP contribution in [0.5, 0.6) is 0 Å². The van der Waals surface area contributed by atoms with E-state index in [2.05, 4.69) is 59.0 Å². The van der Waals surface area contributed by atoms with Gasteiger partial charge < -0.3 is 9.88 Å². The molecule has 1 aliphatic rings. The van der Waals surface area contributed by atoms with Gasteiger partial charge in [0.25, 0.3) is 0 Å². The van der Waals surface area contributed by atoms with E-state index in [1.54, 1.807) is 0 Å². The number of hydrogen-bond acceptors (Lipinski definition) is 2. The van der Waals surface area contributed by atoms with Gasteiger partial charge in [0, 0.05) is 18.5 Å². The lowest BCUT2D eigenvalue weighted by atomic mass is 9.95. The molecule has 0 radical (unpaired) electrons. The Morgan fingerprint density at radius 1 is 1.11 bits per heavy atom. The highest BCUT2D eigenvalue weighted by Gasteiger charge is 2.25. The molecule has 0 atom stereocenters. The molecule has 3 heteroatoms. The van der Waals surface area contributed by atoms with Crippen molar-refractivity contribution >= 4 is 16.6 Å². The molecule has 4 rings (SSSR count). The molecule has 0 aliphatic heterocycles. The number of benzene rings is 1. The normalized spacial score (nSPS) is 14.8. The summed E-state index contributed by atoms with van der Waals surface area (Å²) < 4.78 is 2.54. The fourth-order valence-corrected chi connectivity index (χ4v) is 4.33. The third-order valence-electron chi connectivity index (χ3n) is 5.64. The topological polar surface area (TPSA) is 29.9 Å². The molecule has 1 aromatic carbocycles. The molecule has 2 aromatic heterocycles. The molecule has 1 aliphatic carbocycles. The van der Waals surface area contributed by atoms with Crippen LogP contribution in [-0.2, 0) is 0 Å². The van der Waals surface area contributed by atoms with E-state index in [0.717, 1.165) is 16.9 Å². The van der Waals surface area contributed by atoms with E-state index < -0.39 is 0 Å². The average Bonchev–Trinajstić information content (AvgIpc) is 3.02. The fourth-order valence-electron chi connectivity index (χ4n) is 4.33. The van der Waals surface area contributed by atoms with Crippen LogP contribution in [0.15, 0.2) is 36.5 Å². The van der Waals surface area contributed by atoms with Gasteiger partial charge in [-0.1, -0.05) is 36.8 Å². The fraction of sp³-hybridized carbons (Fsp3) is 0.375. The number of hydrogen-bond donors (Lipinski definition) is 1. The Hall–Kier alpha value is -2.73. The maximum absolute atomic E-state index is 4.78. The second-order valence-corrected chi connectivity index (χ2v) is 7.46. The van der Waals surface area contributed by atoms with Crippen LogP contribution >= 0.6 is 0 Å². The van der Waals surface area contributed by atoms with Crippen molar-refractivity contribution in [3.05, 3.63) is 47.7 Å². The number of nitrogens with one attached hydrogen (secondary N) is 1. The summed E-state index contributed by atoms with van der Waals surface area (Å²) in [6.07, 6.45) is 8.33. The summed E-state index contributed by atoms with van der Waals surface area (Å²) in [4.78, 5) is 4.78. The van der Waals surface area contributed by atoms with Gasteiger partial charge in [0.2, 0.25) is 0 Å². The first-order valence-corrected chi connectivity index (χ1v) is 9.94. The Kier molecular flexibility index (Phi) is 4.90. The summed E-state index contributed by atoms with van der Waals surface area (Å²) in [5.74, 6) is 6.55. The smallest absolute Gasteiger partial charge is 0.0881 e. The van der Waals surface area contributed by atoms with Gasteiger partial charge in [0.15, 0.2) is 0 Å². The summed E-state index contributed by atoms with van der Waals surface area (Å²) in [6.45, 7) is 4.07. The average molecular weight is 358 g/mol. The highest BCUT2D eigenvalue weighted by Crippen LogP contribution is 2.40. The predicted octanol–water partition coefficient (Wildman–Crippen LogP) is 5.93. The van der Waals surface area contributed by atoms with E-state index in [1.165, 1.54) is 54.3 Å². The third kappa shape index (κ3) is 3.21. The maximum atomic E-state index is 4.78. The van der Waals surface area contributed by atoms with Gasteiger partial charge in [-0.2, -0.15) is 0 Å². The van der Waals surface area contributed by atoms with Gasteiger partial charge in [0.1, 0.15) is 0 Å². The third-order valence-corrected chi connectivity index (χ3v) is 5.64. The zero-order valence-electron chi connectivity index (χ0n) is 16.5. The number of nitrogens with zero attached hydrogens (tertiary/aromatic N) is 2. The van der Waals surface area contributed by atoms with Crippen molar-refractivity contribution in [2.75, 3.05) is 12.4 Å². The van der Waals surface area contributed by atoms with Crippen molar-refractivity contribution in [3.8, 4) is 23.2 Å². The molecule has 138 valence electrons. The molecule has 3 aromatic rings. The van der Waals surface area contributed by atoms with Crippen LogP contribution in [0, 0.1) is 18.8 Å². The molecular formula is C24H27N3. The van der Waals surface area contributed by atoms with Crippen LogP contribution < -0.4 is 5.32 Å². The summed E-state index contributed by atoms with van der Waals surface area (Å²) in [7, 11) is 1.92. The Labute approximate surface area is 161 Å². The Balaban J connectivity index is 2.02. The van der Waals surface area contributed by atoms with Crippen molar-refractivity contribution < 1.29 is 0 Å². The van der Waals surface area contributed by atoms with Gasteiger partial charge in [-0.15, -0.1) is 5.92 Å². The molecule has 1 saturated carbocycles. The summed E-state index contributed by atoms with van der Waals surface area (Å²) in [6, 6.07) is 11.5. The lowest BCUT2D eigenvalue weighted by molar-refractivity contribution is 0.363. The second kappa shape index (κ2) is 7.48. The summed E-state index contributed by atoms with van der Waals surface area (Å²) in [5.41, 5.74) is 6.89. The number of pyridine rings is 1. The van der Waals surface area contributed by atoms with E-state index in [1.807, 2.05) is 20.2 Å². The Morgan fingerprint density at radius 2 is 1.93 bits per heavy atom. The zero-order valence-corrected chi connectivity index (χ0v) is 16.5. The molecule has 3 nitrogen and oxygen atoms in total. The van der Waals surface area contributed by atoms with E-state index in [0.29, 0.717) is 6.04 Å². The quantitative estimate of drug-likeness (QED) is 0.589. The highest BCUT2D eigenvalue weighted by molar-refractivity contribution is 5.95. The minimum atomic E-state index is 0.525. The van der Waals surface area contributed by atoms with Crippen LogP contribution in [0.3, 0.4) is 0 Å². The molecule has 1 N–H and O–H groups in total. The maximum Gasteiger partial charge on any atom is 0.0881 e. The molecule has 27 heavy (non-hydrogen) atoms. The minimum Gasteiger partial charge on any atom is -0.387 e. The summed E-state index contributed by atoms with van der Waals surface area (Å²) >= 11 is 0. The molecule has 0 bridgehead atoms. The molecular weight excluding hydrogens is 330 g/mol.